The molecule has 8 bridgehead atoms. The zero-order valence-corrected chi connectivity index (χ0v) is 50.4. The summed E-state index contributed by atoms with van der Waals surface area (Å²) in [5.74, 6) is -7.46. The van der Waals surface area contributed by atoms with Gasteiger partial charge >= 0.3 is 0 Å². The van der Waals surface area contributed by atoms with Crippen LogP contribution in [0.15, 0.2) is 88.9 Å². The van der Waals surface area contributed by atoms with Gasteiger partial charge in [-0.2, -0.15) is 50.5 Å². The van der Waals surface area contributed by atoms with Crippen LogP contribution in [-0.2, 0) is 100 Å². The lowest BCUT2D eigenvalue weighted by Gasteiger charge is -2.11. The van der Waals surface area contributed by atoms with Crippen molar-refractivity contribution in [2.24, 2.45) is 0 Å². The lowest BCUT2D eigenvalue weighted by molar-refractivity contribution is 0.467. The van der Waals surface area contributed by atoms with E-state index in [-0.39, 0.29) is 11.1 Å². The van der Waals surface area contributed by atoms with Crippen LogP contribution in [0, 0.1) is 0 Å². The Hall–Kier alpha value is -6.58. The molecule has 9 rings (SSSR count). The maximum Gasteiger partial charge on any atom is 0.295 e. The van der Waals surface area contributed by atoms with Gasteiger partial charge in [-0.05, 0) is 61.0 Å². The number of nitrogens with one attached hydrogen (secondary N) is 4. The second kappa shape index (κ2) is 21.3. The average molecular weight is 1390 g/mol. The molecule has 0 atom stereocenters. The maximum absolute atomic E-state index is 14.0. The topological polar surface area (TPSA) is 596 Å². The Bertz CT molecular complexity index is 5590. The van der Waals surface area contributed by atoms with Crippen LogP contribution in [0.4, 0.5) is 0 Å². The molecule has 0 fully saturated rings. The van der Waals surface area contributed by atoms with E-state index in [4.69, 9.17) is 0 Å². The number of rotatable bonds is 19. The molecule has 0 unspecified atom stereocenters. The highest BCUT2D eigenvalue weighted by Crippen LogP contribution is 2.42. The molecule has 46 heteroatoms. The van der Waals surface area contributed by atoms with Crippen LogP contribution in [0.2, 0.25) is 0 Å². The number of aromatic nitrogens is 8. The van der Waals surface area contributed by atoms with E-state index in [1.165, 1.54) is 0 Å². The lowest BCUT2D eigenvalue weighted by Crippen LogP contribution is -2.30. The summed E-state index contributed by atoms with van der Waals surface area (Å²) in [5, 5.41) is -1.99. The first-order chi connectivity index (χ1) is 39.2. The van der Waals surface area contributed by atoms with Gasteiger partial charge in [0.25, 0.3) is 60.7 Å². The van der Waals surface area contributed by atoms with Gasteiger partial charge in [0.2, 0.25) is 20.0 Å². The fourth-order valence-corrected chi connectivity index (χ4v) is 18.5. The summed E-state index contributed by atoms with van der Waals surface area (Å²) in [4.78, 5) is 23.4. The standard InChI is InChI=1S/C40H36N10O26S10/c1-77(51,52)27-12-21-23(14-29(27)83(66,67)42-6-10-81(61,62)63)37-45-34-20-11-18(82(64,65)41-5-9-80(58,59)60)3-4-19(20)33(43-34)44-38-25-16-31(85(71,72)73)32(86(74,75)76)17-26(25)40(49-38)50-39-24-15-30(84(68,69)70)28(78(53,54)7-2-8-79(55,56)57)13-22(24)36(48-39)46-35(21)47-37/h3-4,11-17,41-42H,2,5-10H2,1H3,(H,55,56,57)(H,58,59,60)(H,61,62,63)(H,68,69,70)(H,71,72,73)(H,74,75,76)(H2,43,44,45,46,47,48,49,50). The third-order valence-corrected chi connectivity index (χ3v) is 23.5. The van der Waals surface area contributed by atoms with E-state index in [2.05, 4.69) is 39.9 Å². The third-order valence-electron chi connectivity index (χ3n) is 12.3. The third kappa shape index (κ3) is 13.3. The molecule has 10 N–H and O–H groups in total. The molecular formula is C40H36N10O26S10. The van der Waals surface area contributed by atoms with Crippen molar-refractivity contribution in [1.82, 2.24) is 49.3 Å². The summed E-state index contributed by atoms with van der Waals surface area (Å²) >= 11 is 0. The molecule has 7 aromatic rings. The molecule has 0 amide bonds. The molecule has 0 radical (unpaired) electrons. The summed E-state index contributed by atoms with van der Waals surface area (Å²) in [7, 11) is -51.2. The number of H-pyrrole nitrogens is 2. The van der Waals surface area contributed by atoms with E-state index in [0.717, 1.165) is 18.2 Å². The Labute approximate surface area is 485 Å². The number of hydrogen-bond donors (Lipinski definition) is 10. The number of aromatic amines is 2. The minimum atomic E-state index is -5.70. The highest BCUT2D eigenvalue weighted by atomic mass is 32.3. The SMILES string of the molecule is CS(=O)(=O)c1cc2c3nc4nc(nc5[nH]c(nc6nc(nc([nH]3)c2cc1S(=O)(=O)NCCS(=O)(=O)O)-c1cc(S(=O)(=O)NCCS(=O)(=O)O)ccc1-6)c1cc(S(=O)(=O)O)c(S(=O)(=O)O)cc51)-c1cc(S(=O)(=O)O)c(S(=O)(=O)CCCS(=O)(=O)O)cc1-4. The molecule has 2 aliphatic heterocycles. The van der Waals surface area contributed by atoms with Crippen LogP contribution in [0.1, 0.15) is 6.42 Å². The quantitative estimate of drug-likeness (QED) is 0.0452. The second-order valence-electron chi connectivity index (χ2n) is 18.4. The monoisotopic (exact) mass is 1390 g/mol. The number of fused-ring (bicyclic) bond motifs is 20. The van der Waals surface area contributed by atoms with Gasteiger partial charge in [0.05, 0.1) is 37.7 Å². The predicted octanol–water partition coefficient (Wildman–Crippen LogP) is -0.603. The normalized spacial score (nSPS) is 13.9. The minimum Gasteiger partial charge on any atom is -0.324 e. The molecule has 0 spiro atoms. The van der Waals surface area contributed by atoms with Gasteiger partial charge < -0.3 is 9.97 Å². The Kier molecular flexibility index (Phi) is 15.9. The van der Waals surface area contributed by atoms with Crippen LogP contribution in [0.3, 0.4) is 0 Å². The van der Waals surface area contributed by atoms with Crippen molar-refractivity contribution in [3.63, 3.8) is 0 Å². The fourth-order valence-electron chi connectivity index (χ4n) is 8.62. The van der Waals surface area contributed by atoms with Gasteiger partial charge in [0.1, 0.15) is 42.2 Å². The van der Waals surface area contributed by atoms with Gasteiger partial charge in [-0.15, -0.1) is 0 Å². The first-order valence-electron chi connectivity index (χ1n) is 22.9. The van der Waals surface area contributed by atoms with Crippen molar-refractivity contribution < 1.29 is 111 Å². The van der Waals surface area contributed by atoms with Crippen molar-refractivity contribution in [2.75, 3.05) is 42.4 Å². The average Bonchev–Trinajstić information content (AvgIpc) is 1.54. The number of hydrogen-bond acceptors (Lipinski definition) is 26. The van der Waals surface area contributed by atoms with E-state index >= 15 is 0 Å². The molecule has 4 aromatic carbocycles. The van der Waals surface area contributed by atoms with Crippen LogP contribution in [0.5, 0.6) is 0 Å². The van der Waals surface area contributed by atoms with Crippen LogP contribution >= 0.6 is 0 Å². The molecular weight excluding hydrogens is 1360 g/mol. The van der Waals surface area contributed by atoms with Gasteiger partial charge in [-0.3, -0.25) is 27.3 Å². The number of sulfone groups is 2. The molecule has 36 nitrogen and oxygen atoms in total. The van der Waals surface area contributed by atoms with E-state index in [1.807, 2.05) is 9.44 Å². The van der Waals surface area contributed by atoms with Crippen LogP contribution in [0.25, 0.3) is 89.7 Å². The van der Waals surface area contributed by atoms with E-state index in [9.17, 15) is 111 Å². The highest BCUT2D eigenvalue weighted by Gasteiger charge is 2.34. The van der Waals surface area contributed by atoms with Crippen molar-refractivity contribution in [1.29, 1.82) is 0 Å². The molecule has 86 heavy (non-hydrogen) atoms. The molecule has 462 valence electrons. The van der Waals surface area contributed by atoms with Crippen molar-refractivity contribution in [2.45, 2.75) is 40.7 Å². The molecule has 0 saturated heterocycles. The predicted molar refractivity (Wildman–Crippen MR) is 295 cm³/mol. The Balaban J connectivity index is 1.50. The molecule has 2 aliphatic rings. The summed E-state index contributed by atoms with van der Waals surface area (Å²) < 4.78 is 320. The fraction of sp³-hybridized carbons (Fsp3) is 0.200. The smallest absolute Gasteiger partial charge is 0.295 e. The molecule has 5 heterocycles. The molecule has 3 aromatic heterocycles. The highest BCUT2D eigenvalue weighted by molar-refractivity contribution is 7.94. The summed E-state index contributed by atoms with van der Waals surface area (Å²) in [6, 6.07) is 6.19. The van der Waals surface area contributed by atoms with Gasteiger partial charge in [-0.1, -0.05) is 0 Å². The Morgan fingerprint density at radius 3 is 1.12 bits per heavy atom. The lowest BCUT2D eigenvalue weighted by atomic mass is 10.1. The Morgan fingerprint density at radius 2 is 0.721 bits per heavy atom. The van der Waals surface area contributed by atoms with Gasteiger partial charge in [0.15, 0.2) is 43.0 Å². The maximum atomic E-state index is 14.0. The van der Waals surface area contributed by atoms with E-state index < -0.39 is 256 Å². The number of nitrogens with zero attached hydrogens (tertiary/aromatic N) is 6. The zero-order valence-electron chi connectivity index (χ0n) is 42.3. The van der Waals surface area contributed by atoms with Crippen molar-refractivity contribution >= 4 is 145 Å². The molecule has 0 saturated carbocycles. The summed E-state index contributed by atoms with van der Waals surface area (Å²) in [6.45, 7) is -1.93. The van der Waals surface area contributed by atoms with Gasteiger partial charge in [-0.25, -0.2) is 73.0 Å². The van der Waals surface area contributed by atoms with Gasteiger partial charge in [0, 0.05) is 63.1 Å². The first-order valence-corrected chi connectivity index (χ1v) is 38.6. The number of benzene rings is 4. The second-order valence-corrected chi connectivity index (χ2v) is 34.8. The Morgan fingerprint density at radius 1 is 0.372 bits per heavy atom. The van der Waals surface area contributed by atoms with E-state index in [1.54, 1.807) is 0 Å². The first kappa shape index (κ1) is 63.9. The van der Waals surface area contributed by atoms with Crippen molar-refractivity contribution in [3.8, 4) is 45.6 Å². The van der Waals surface area contributed by atoms with Crippen LogP contribution in [-0.4, -0.2) is 194 Å². The van der Waals surface area contributed by atoms with Crippen LogP contribution < -0.4 is 9.44 Å². The number of sulfonamides is 2. The summed E-state index contributed by atoms with van der Waals surface area (Å²) in [6.07, 6.45) is -0.338. The minimum absolute atomic E-state index is 0.198. The molecule has 0 aliphatic carbocycles. The largest absolute Gasteiger partial charge is 0.324 e. The van der Waals surface area contributed by atoms with Crippen molar-refractivity contribution in [3.05, 3.63) is 54.6 Å². The summed E-state index contributed by atoms with van der Waals surface area (Å²) in [5.41, 5.74) is -4.23. The zero-order chi connectivity index (χ0) is 63.7. The van der Waals surface area contributed by atoms with E-state index in [0.29, 0.717) is 42.7 Å².